The second kappa shape index (κ2) is 7.97. The van der Waals surface area contributed by atoms with Gasteiger partial charge in [-0.3, -0.25) is 19.1 Å². The predicted octanol–water partition coefficient (Wildman–Crippen LogP) is 4.10. The summed E-state index contributed by atoms with van der Waals surface area (Å²) in [5.74, 6) is 0.292. The number of nitriles is 1. The highest BCUT2D eigenvalue weighted by Crippen LogP contribution is 2.31. The molecule has 0 unspecified atom stereocenters. The van der Waals surface area contributed by atoms with Crippen LogP contribution >= 0.6 is 0 Å². The molecule has 32 heavy (non-hydrogen) atoms. The Morgan fingerprint density at radius 3 is 2.44 bits per heavy atom. The highest BCUT2D eigenvalue weighted by Gasteiger charge is 2.34. The summed E-state index contributed by atoms with van der Waals surface area (Å²) in [4.78, 5) is 31.6. The van der Waals surface area contributed by atoms with Crippen molar-refractivity contribution < 1.29 is 9.59 Å². The first-order valence-electron chi connectivity index (χ1n) is 10.6. The second-order valence-electron chi connectivity index (χ2n) is 8.16. The van der Waals surface area contributed by atoms with Crippen molar-refractivity contribution in [1.82, 2.24) is 19.0 Å². The van der Waals surface area contributed by atoms with Crippen LogP contribution in [-0.4, -0.2) is 37.4 Å². The summed E-state index contributed by atoms with van der Waals surface area (Å²) in [7, 11) is 1.99. The minimum Gasteiger partial charge on any atom is -0.330 e. The number of hydrogen-bond acceptors (Lipinski definition) is 4. The molecule has 1 aliphatic heterocycles. The van der Waals surface area contributed by atoms with Crippen LogP contribution in [0, 0.1) is 11.3 Å². The molecular weight excluding hydrogens is 402 g/mol. The number of aromatic nitrogens is 3. The van der Waals surface area contributed by atoms with E-state index in [1.54, 1.807) is 19.9 Å². The van der Waals surface area contributed by atoms with Gasteiger partial charge >= 0.3 is 0 Å². The lowest BCUT2D eigenvalue weighted by Crippen LogP contribution is -2.42. The van der Waals surface area contributed by atoms with E-state index in [2.05, 4.69) is 18.4 Å². The zero-order valence-corrected chi connectivity index (χ0v) is 18.9. The summed E-state index contributed by atoms with van der Waals surface area (Å²) in [5, 5.41) is 9.54. The van der Waals surface area contributed by atoms with Gasteiger partial charge in [-0.15, -0.1) is 0 Å². The standard InChI is InChI=1S/C25H25N5O2/c1-6-29-24(31)19(16(4)20(14-26)25(29)32)12-18-13-21-23(27-22(15(2)3)28(21)5)30(18)17-10-8-7-9-11-17/h7-13,15H,6H2,1-5H3/b19-12-. The van der Waals surface area contributed by atoms with Crippen LogP contribution < -0.4 is 0 Å². The molecule has 1 aliphatic rings. The molecular formula is C25H25N5O2. The SMILES string of the molecule is CCN1C(=O)C(C#N)=C(C)/C(=C/c2cc3c(nc(C(C)C)n3C)n2-c2ccccc2)C1=O. The molecule has 0 saturated heterocycles. The maximum absolute atomic E-state index is 13.1. The van der Waals surface area contributed by atoms with Crippen molar-refractivity contribution >= 4 is 29.1 Å². The fraction of sp³-hybridized carbons (Fsp3) is 0.280. The van der Waals surface area contributed by atoms with Gasteiger partial charge in [0.05, 0.1) is 11.2 Å². The van der Waals surface area contributed by atoms with Crippen LogP contribution in [0.5, 0.6) is 0 Å². The molecule has 0 radical (unpaired) electrons. The van der Waals surface area contributed by atoms with Gasteiger partial charge in [0.15, 0.2) is 5.65 Å². The van der Waals surface area contributed by atoms with Crippen molar-refractivity contribution in [2.75, 3.05) is 6.54 Å². The van der Waals surface area contributed by atoms with Crippen molar-refractivity contribution in [2.45, 2.75) is 33.6 Å². The minimum absolute atomic E-state index is 0.000270. The molecule has 0 atom stereocenters. The molecule has 0 spiro atoms. The first-order valence-corrected chi connectivity index (χ1v) is 10.6. The monoisotopic (exact) mass is 427 g/mol. The molecule has 2 amide bonds. The average molecular weight is 428 g/mol. The van der Waals surface area contributed by atoms with E-state index in [-0.39, 0.29) is 18.0 Å². The smallest absolute Gasteiger partial charge is 0.271 e. The average Bonchev–Trinajstić information content (AvgIpc) is 3.28. The molecule has 3 aromatic rings. The number of fused-ring (bicyclic) bond motifs is 1. The lowest BCUT2D eigenvalue weighted by Gasteiger charge is -2.26. The van der Waals surface area contributed by atoms with Crippen LogP contribution in [0.4, 0.5) is 0 Å². The Hall–Kier alpha value is -3.92. The highest BCUT2D eigenvalue weighted by atomic mass is 16.2. The van der Waals surface area contributed by atoms with Gasteiger partial charge < -0.3 is 4.57 Å². The first kappa shape index (κ1) is 21.3. The van der Waals surface area contributed by atoms with Crippen LogP contribution in [0.1, 0.15) is 45.1 Å². The number of carbonyl (C=O) groups is 2. The summed E-state index contributed by atoms with van der Waals surface area (Å²) >= 11 is 0. The molecule has 0 fully saturated rings. The Balaban J connectivity index is 2.02. The van der Waals surface area contributed by atoms with Crippen LogP contribution in [0.3, 0.4) is 0 Å². The predicted molar refractivity (Wildman–Crippen MR) is 123 cm³/mol. The number of likely N-dealkylation sites (N-methyl/N-ethyl adjacent to an activating group) is 1. The van der Waals surface area contributed by atoms with E-state index in [4.69, 9.17) is 4.98 Å². The van der Waals surface area contributed by atoms with Gasteiger partial charge in [-0.05, 0) is 43.7 Å². The van der Waals surface area contributed by atoms with E-state index < -0.39 is 11.8 Å². The Morgan fingerprint density at radius 2 is 1.84 bits per heavy atom. The largest absolute Gasteiger partial charge is 0.330 e. The third-order valence-electron chi connectivity index (χ3n) is 5.87. The Kier molecular flexibility index (Phi) is 5.31. The van der Waals surface area contributed by atoms with Crippen LogP contribution in [0.15, 0.2) is 53.1 Å². The topological polar surface area (TPSA) is 83.9 Å². The lowest BCUT2D eigenvalue weighted by molar-refractivity contribution is -0.140. The molecule has 3 heterocycles. The fourth-order valence-electron chi connectivity index (χ4n) is 4.20. The summed E-state index contributed by atoms with van der Waals surface area (Å²) in [6.07, 6.45) is 1.76. The summed E-state index contributed by atoms with van der Waals surface area (Å²) < 4.78 is 4.07. The molecule has 0 aliphatic carbocycles. The van der Waals surface area contributed by atoms with E-state index in [0.29, 0.717) is 11.1 Å². The minimum atomic E-state index is -0.540. The number of amides is 2. The number of nitrogens with zero attached hydrogens (tertiary/aromatic N) is 5. The van der Waals surface area contributed by atoms with Crippen molar-refractivity contribution in [3.05, 3.63) is 64.6 Å². The number of para-hydroxylation sites is 1. The Morgan fingerprint density at radius 1 is 1.16 bits per heavy atom. The molecule has 0 bridgehead atoms. The molecule has 2 aromatic heterocycles. The Labute approximate surface area is 186 Å². The number of hydrogen-bond donors (Lipinski definition) is 0. The van der Waals surface area contributed by atoms with Crippen LogP contribution in [0.25, 0.3) is 22.9 Å². The van der Waals surface area contributed by atoms with E-state index in [9.17, 15) is 14.9 Å². The van der Waals surface area contributed by atoms with Crippen molar-refractivity contribution in [3.8, 4) is 11.8 Å². The molecule has 0 N–H and O–H groups in total. The molecule has 7 nitrogen and oxygen atoms in total. The van der Waals surface area contributed by atoms with Gasteiger partial charge in [0.2, 0.25) is 0 Å². The number of benzene rings is 1. The molecule has 162 valence electrons. The zero-order chi connectivity index (χ0) is 23.2. The van der Waals surface area contributed by atoms with Crippen LogP contribution in [0.2, 0.25) is 0 Å². The van der Waals surface area contributed by atoms with Gasteiger partial charge in [0.1, 0.15) is 17.5 Å². The zero-order valence-electron chi connectivity index (χ0n) is 18.9. The number of rotatable bonds is 4. The summed E-state index contributed by atoms with van der Waals surface area (Å²) in [5.41, 5.74) is 4.14. The van der Waals surface area contributed by atoms with Gasteiger partial charge in [0.25, 0.3) is 11.8 Å². The van der Waals surface area contributed by atoms with E-state index >= 15 is 0 Å². The third-order valence-corrected chi connectivity index (χ3v) is 5.87. The summed E-state index contributed by atoms with van der Waals surface area (Å²) in [6, 6.07) is 13.8. The van der Waals surface area contributed by atoms with Crippen LogP contribution in [-0.2, 0) is 16.6 Å². The molecule has 1 aromatic carbocycles. The van der Waals surface area contributed by atoms with E-state index in [0.717, 1.165) is 33.3 Å². The first-order chi connectivity index (χ1) is 15.3. The number of imidazole rings is 1. The number of carbonyl (C=O) groups excluding carboxylic acids is 2. The molecule has 4 rings (SSSR count). The maximum Gasteiger partial charge on any atom is 0.271 e. The van der Waals surface area contributed by atoms with Gasteiger partial charge in [0, 0.05) is 30.8 Å². The van der Waals surface area contributed by atoms with Crippen molar-refractivity contribution in [2.24, 2.45) is 7.05 Å². The van der Waals surface area contributed by atoms with E-state index in [1.165, 1.54) is 0 Å². The van der Waals surface area contributed by atoms with E-state index in [1.807, 2.05) is 54.1 Å². The van der Waals surface area contributed by atoms with Crippen molar-refractivity contribution in [3.63, 3.8) is 0 Å². The third kappa shape index (κ3) is 3.16. The van der Waals surface area contributed by atoms with Crippen molar-refractivity contribution in [1.29, 1.82) is 5.26 Å². The van der Waals surface area contributed by atoms with Gasteiger partial charge in [-0.1, -0.05) is 32.0 Å². The molecule has 0 saturated carbocycles. The van der Waals surface area contributed by atoms with Gasteiger partial charge in [-0.25, -0.2) is 4.98 Å². The lowest BCUT2D eigenvalue weighted by atomic mass is 9.94. The highest BCUT2D eigenvalue weighted by molar-refractivity contribution is 6.19. The Bertz CT molecular complexity index is 1350. The molecule has 7 heteroatoms. The van der Waals surface area contributed by atoms with Gasteiger partial charge in [-0.2, -0.15) is 5.26 Å². The summed E-state index contributed by atoms with van der Waals surface area (Å²) in [6.45, 7) is 7.78. The normalized spacial score (nSPS) is 16.0. The fourth-order valence-corrected chi connectivity index (χ4v) is 4.20. The second-order valence-corrected chi connectivity index (χ2v) is 8.16. The maximum atomic E-state index is 13.1. The quantitative estimate of drug-likeness (QED) is 0.464. The number of imide groups is 1. The number of aryl methyl sites for hydroxylation is 1.